The van der Waals surface area contributed by atoms with Gasteiger partial charge in [0.15, 0.2) is 0 Å². The summed E-state index contributed by atoms with van der Waals surface area (Å²) in [6, 6.07) is 0. The van der Waals surface area contributed by atoms with Crippen LogP contribution in [0, 0.1) is 13.8 Å². The number of amides is 2. The third kappa shape index (κ3) is 4.99. The first-order chi connectivity index (χ1) is 13.1. The summed E-state index contributed by atoms with van der Waals surface area (Å²) >= 11 is 4.42. The molecular formula is C18H23BrN4O4S. The smallest absolute Gasteiger partial charge is 0.341 e. The Labute approximate surface area is 176 Å². The van der Waals surface area contributed by atoms with E-state index in [1.165, 1.54) is 9.58 Å². The first-order valence-corrected chi connectivity index (χ1v) is 10.3. The molecule has 0 unspecified atom stereocenters. The van der Waals surface area contributed by atoms with E-state index in [-0.39, 0.29) is 30.5 Å². The highest BCUT2D eigenvalue weighted by Crippen LogP contribution is 2.34. The molecule has 2 aromatic heterocycles. The second-order valence-corrected chi connectivity index (χ2v) is 8.28. The van der Waals surface area contributed by atoms with Crippen LogP contribution in [0.25, 0.3) is 0 Å². The minimum Gasteiger partial charge on any atom is -0.462 e. The van der Waals surface area contributed by atoms with Gasteiger partial charge < -0.3 is 15.0 Å². The summed E-state index contributed by atoms with van der Waals surface area (Å²) in [5.41, 5.74) is 1.48. The maximum absolute atomic E-state index is 12.5. The fourth-order valence-electron chi connectivity index (χ4n) is 2.41. The number of hydrogen-bond acceptors (Lipinski definition) is 6. The van der Waals surface area contributed by atoms with E-state index in [4.69, 9.17) is 4.74 Å². The number of nitrogens with one attached hydrogen (secondary N) is 1. The topological polar surface area (TPSA) is 93.5 Å². The predicted octanol–water partition coefficient (Wildman–Crippen LogP) is 3.23. The highest BCUT2D eigenvalue weighted by Gasteiger charge is 2.27. The van der Waals surface area contributed by atoms with Crippen LogP contribution in [0.2, 0.25) is 0 Å². The summed E-state index contributed by atoms with van der Waals surface area (Å²) in [7, 11) is 3.26. The summed E-state index contributed by atoms with van der Waals surface area (Å²) in [4.78, 5) is 39.3. The molecule has 0 aromatic carbocycles. The van der Waals surface area contributed by atoms with E-state index in [9.17, 15) is 14.4 Å². The molecule has 1 N–H and O–H groups in total. The number of anilines is 1. The quantitative estimate of drug-likeness (QED) is 0.626. The molecule has 2 rings (SSSR count). The Morgan fingerprint density at radius 2 is 2.00 bits per heavy atom. The number of carbonyl (C=O) groups excluding carboxylic acids is 3. The van der Waals surface area contributed by atoms with Crippen LogP contribution in [0.1, 0.15) is 44.6 Å². The van der Waals surface area contributed by atoms with Crippen LogP contribution in [0.5, 0.6) is 0 Å². The van der Waals surface area contributed by atoms with Gasteiger partial charge >= 0.3 is 5.97 Å². The van der Waals surface area contributed by atoms with Gasteiger partial charge in [-0.3, -0.25) is 14.3 Å². The van der Waals surface area contributed by atoms with Gasteiger partial charge in [-0.05, 0) is 41.8 Å². The van der Waals surface area contributed by atoms with Gasteiger partial charge in [-0.25, -0.2) is 4.79 Å². The number of thiophene rings is 1. The van der Waals surface area contributed by atoms with E-state index in [1.807, 2.05) is 13.8 Å². The minimum absolute atomic E-state index is 0.0240. The van der Waals surface area contributed by atoms with Crippen molar-refractivity contribution in [1.82, 2.24) is 14.7 Å². The lowest BCUT2D eigenvalue weighted by Gasteiger charge is -2.09. The van der Waals surface area contributed by atoms with E-state index in [2.05, 4.69) is 26.3 Å². The van der Waals surface area contributed by atoms with Crippen LogP contribution in [0.4, 0.5) is 5.00 Å². The summed E-state index contributed by atoms with van der Waals surface area (Å²) in [6.45, 7) is 5.63. The minimum atomic E-state index is -0.554. The number of carbonyl (C=O) groups is 3. The van der Waals surface area contributed by atoms with Gasteiger partial charge in [0.05, 0.1) is 27.2 Å². The fourth-order valence-corrected chi connectivity index (χ4v) is 3.96. The van der Waals surface area contributed by atoms with Crippen LogP contribution in [0.3, 0.4) is 0 Å². The zero-order chi connectivity index (χ0) is 21.0. The number of nitrogens with zero attached hydrogens (tertiary/aromatic N) is 3. The third-order valence-corrected chi connectivity index (χ3v) is 5.81. The van der Waals surface area contributed by atoms with E-state index < -0.39 is 5.97 Å². The van der Waals surface area contributed by atoms with Crippen molar-refractivity contribution in [3.8, 4) is 0 Å². The van der Waals surface area contributed by atoms with Crippen molar-refractivity contribution in [2.24, 2.45) is 0 Å². The molecule has 0 saturated heterocycles. The molecule has 0 aliphatic rings. The second kappa shape index (κ2) is 9.33. The van der Waals surface area contributed by atoms with Crippen molar-refractivity contribution < 1.29 is 19.1 Å². The highest BCUT2D eigenvalue weighted by atomic mass is 79.9. The lowest BCUT2D eigenvalue weighted by Crippen LogP contribution is -2.21. The molecule has 8 nitrogen and oxygen atoms in total. The Morgan fingerprint density at radius 3 is 2.54 bits per heavy atom. The molecule has 2 heterocycles. The second-order valence-electron chi connectivity index (χ2n) is 6.40. The number of esters is 1. The number of ether oxygens (including phenoxy) is 1. The number of halogens is 1. The molecule has 0 radical (unpaired) electrons. The third-order valence-electron chi connectivity index (χ3n) is 3.83. The number of aromatic nitrogens is 2. The summed E-state index contributed by atoms with van der Waals surface area (Å²) in [5, 5.41) is 7.26. The first-order valence-electron chi connectivity index (χ1n) is 8.67. The number of hydrogen-bond donors (Lipinski definition) is 1. The monoisotopic (exact) mass is 470 g/mol. The van der Waals surface area contributed by atoms with Gasteiger partial charge in [0.2, 0.25) is 5.91 Å². The fraction of sp³-hybridized carbons (Fsp3) is 0.444. The summed E-state index contributed by atoms with van der Waals surface area (Å²) in [6.07, 6.45) is 2.37. The van der Waals surface area contributed by atoms with Crippen LogP contribution < -0.4 is 5.32 Å². The van der Waals surface area contributed by atoms with Crippen LogP contribution in [0.15, 0.2) is 10.7 Å². The molecule has 2 aromatic rings. The zero-order valence-electron chi connectivity index (χ0n) is 16.5. The maximum atomic E-state index is 12.5. The van der Waals surface area contributed by atoms with Crippen molar-refractivity contribution in [1.29, 1.82) is 0 Å². The Balaban J connectivity index is 2.32. The summed E-state index contributed by atoms with van der Waals surface area (Å²) < 4.78 is 7.54. The van der Waals surface area contributed by atoms with Gasteiger partial charge in [-0.2, -0.15) is 5.10 Å². The van der Waals surface area contributed by atoms with Crippen molar-refractivity contribution in [3.63, 3.8) is 0 Å². The molecule has 2 amide bonds. The van der Waals surface area contributed by atoms with Crippen molar-refractivity contribution >= 4 is 50.1 Å². The van der Waals surface area contributed by atoms with Gasteiger partial charge in [0, 0.05) is 20.3 Å². The van der Waals surface area contributed by atoms with Gasteiger partial charge in [0.25, 0.3) is 5.91 Å². The Kier molecular flexibility index (Phi) is 7.36. The molecule has 0 saturated carbocycles. The normalized spacial score (nSPS) is 10.6. The lowest BCUT2D eigenvalue weighted by atomic mass is 10.1. The molecular weight excluding hydrogens is 448 g/mol. The van der Waals surface area contributed by atoms with Gasteiger partial charge in [-0.15, -0.1) is 11.3 Å². The SMILES string of the molecule is CCCOC(=O)c1c(NC(=O)Cn2cc(Br)c(C)n2)sc(C(=O)N(C)C)c1C. The molecule has 0 spiro atoms. The van der Waals surface area contributed by atoms with Crippen molar-refractivity contribution in [2.45, 2.75) is 33.7 Å². The van der Waals surface area contributed by atoms with Gasteiger partial charge in [-0.1, -0.05) is 6.92 Å². The van der Waals surface area contributed by atoms with Crippen LogP contribution in [-0.4, -0.2) is 53.2 Å². The predicted molar refractivity (Wildman–Crippen MR) is 111 cm³/mol. The molecule has 152 valence electrons. The standard InChI is InChI=1S/C18H23BrN4O4S/c1-6-7-27-18(26)14-10(2)15(17(25)22(4)5)28-16(14)20-13(24)9-23-8-12(19)11(3)21-23/h8H,6-7,9H2,1-5H3,(H,20,24). The van der Waals surface area contributed by atoms with Gasteiger partial charge in [0.1, 0.15) is 11.5 Å². The van der Waals surface area contributed by atoms with Crippen LogP contribution in [-0.2, 0) is 16.1 Å². The average Bonchev–Trinajstić information content (AvgIpc) is 3.10. The summed E-state index contributed by atoms with van der Waals surface area (Å²) in [5.74, 6) is -1.15. The van der Waals surface area contributed by atoms with E-state index in [0.717, 1.165) is 21.5 Å². The van der Waals surface area contributed by atoms with Crippen LogP contribution >= 0.6 is 27.3 Å². The number of rotatable bonds is 7. The molecule has 28 heavy (non-hydrogen) atoms. The molecule has 0 atom stereocenters. The molecule has 0 aliphatic carbocycles. The molecule has 0 bridgehead atoms. The lowest BCUT2D eigenvalue weighted by molar-refractivity contribution is -0.116. The molecule has 10 heteroatoms. The first kappa shape index (κ1) is 22.1. The van der Waals surface area contributed by atoms with E-state index in [0.29, 0.717) is 21.9 Å². The molecule has 0 aliphatic heterocycles. The average molecular weight is 471 g/mol. The largest absolute Gasteiger partial charge is 0.462 e. The van der Waals surface area contributed by atoms with Crippen molar-refractivity contribution in [3.05, 3.63) is 32.4 Å². The highest BCUT2D eigenvalue weighted by molar-refractivity contribution is 9.10. The Morgan fingerprint density at radius 1 is 1.32 bits per heavy atom. The molecule has 0 fully saturated rings. The van der Waals surface area contributed by atoms with E-state index in [1.54, 1.807) is 27.2 Å². The van der Waals surface area contributed by atoms with Crippen molar-refractivity contribution in [2.75, 3.05) is 26.0 Å². The Hall–Kier alpha value is -2.20. The Bertz CT molecular complexity index is 884. The maximum Gasteiger partial charge on any atom is 0.341 e. The van der Waals surface area contributed by atoms with E-state index >= 15 is 0 Å². The zero-order valence-corrected chi connectivity index (χ0v) is 18.9. The number of aryl methyl sites for hydroxylation is 1.